The minimum Gasteiger partial charge on any atom is -0.456 e. The Hall–Kier alpha value is -2.44. The van der Waals surface area contributed by atoms with Crippen LogP contribution in [0.3, 0.4) is 0 Å². The normalized spacial score (nSPS) is 16.0. The van der Waals surface area contributed by atoms with Crippen molar-refractivity contribution in [1.82, 2.24) is 0 Å². The van der Waals surface area contributed by atoms with E-state index in [2.05, 4.69) is 0 Å². The van der Waals surface area contributed by atoms with E-state index in [0.717, 1.165) is 10.8 Å². The van der Waals surface area contributed by atoms with Crippen LogP contribution in [0.25, 0.3) is 21.9 Å². The quantitative estimate of drug-likeness (QED) is 0.531. The molecule has 1 aromatic heterocycles. The van der Waals surface area contributed by atoms with Crippen LogP contribution in [-0.2, 0) is 9.47 Å². The maximum atomic E-state index is 11.3. The van der Waals surface area contributed by atoms with Crippen LogP contribution in [0.1, 0.15) is 11.9 Å². The molecule has 1 saturated heterocycles. The number of hydrogen-bond acceptors (Lipinski definition) is 5. The van der Waals surface area contributed by atoms with Gasteiger partial charge in [0.2, 0.25) is 0 Å². The van der Waals surface area contributed by atoms with Gasteiger partial charge >= 0.3 is 0 Å². The molecule has 0 saturated carbocycles. The third-order valence-corrected chi connectivity index (χ3v) is 3.60. The van der Waals surface area contributed by atoms with Gasteiger partial charge in [-0.1, -0.05) is 18.2 Å². The molecule has 0 atom stereocenters. The molecule has 0 radical (unpaired) electrons. The van der Waals surface area contributed by atoms with Crippen molar-refractivity contribution in [2.24, 2.45) is 0 Å². The van der Waals surface area contributed by atoms with E-state index in [-0.39, 0.29) is 5.69 Å². The van der Waals surface area contributed by atoms with Gasteiger partial charge < -0.3 is 13.9 Å². The average Bonchev–Trinajstić information content (AvgIpc) is 3.13. The lowest BCUT2D eigenvalue weighted by Crippen LogP contribution is -2.03. The number of ether oxygens (including phenoxy) is 2. The Bertz CT molecular complexity index is 848. The third-order valence-electron chi connectivity index (χ3n) is 3.60. The highest BCUT2D eigenvalue weighted by Crippen LogP contribution is 2.38. The van der Waals surface area contributed by atoms with Crippen molar-refractivity contribution in [3.05, 3.63) is 52.1 Å². The molecule has 106 valence electrons. The van der Waals surface area contributed by atoms with Gasteiger partial charge in [-0.2, -0.15) is 0 Å². The maximum Gasteiger partial charge on any atom is 0.281 e. The highest BCUT2D eigenvalue weighted by atomic mass is 16.7. The third kappa shape index (κ3) is 1.88. The fourth-order valence-corrected chi connectivity index (χ4v) is 2.66. The molecule has 3 aromatic rings. The Balaban J connectivity index is 2.02. The van der Waals surface area contributed by atoms with Gasteiger partial charge in [0.1, 0.15) is 11.2 Å². The zero-order valence-electron chi connectivity index (χ0n) is 10.9. The summed E-state index contributed by atoms with van der Waals surface area (Å²) in [5.41, 5.74) is 1.57. The van der Waals surface area contributed by atoms with Crippen LogP contribution in [0.5, 0.6) is 0 Å². The summed E-state index contributed by atoms with van der Waals surface area (Å²) in [7, 11) is 0. The maximum absolute atomic E-state index is 11.3. The number of nitro benzene ring substituents is 1. The first-order valence-corrected chi connectivity index (χ1v) is 6.57. The Morgan fingerprint density at radius 3 is 2.57 bits per heavy atom. The van der Waals surface area contributed by atoms with Crippen LogP contribution in [0.2, 0.25) is 0 Å². The van der Waals surface area contributed by atoms with E-state index in [9.17, 15) is 10.1 Å². The molecule has 21 heavy (non-hydrogen) atoms. The lowest BCUT2D eigenvalue weighted by atomic mass is 10.1. The zero-order chi connectivity index (χ0) is 14.4. The van der Waals surface area contributed by atoms with E-state index < -0.39 is 11.2 Å². The molecule has 6 nitrogen and oxygen atoms in total. The number of hydrogen-bond donors (Lipinski definition) is 0. The first-order chi connectivity index (χ1) is 10.2. The number of furan rings is 1. The zero-order valence-corrected chi connectivity index (χ0v) is 10.9. The molecular formula is C15H11NO5. The molecule has 0 unspecified atom stereocenters. The smallest absolute Gasteiger partial charge is 0.281 e. The molecule has 2 aromatic carbocycles. The molecule has 0 spiro atoms. The first-order valence-electron chi connectivity index (χ1n) is 6.57. The summed E-state index contributed by atoms with van der Waals surface area (Å²) < 4.78 is 16.5. The van der Waals surface area contributed by atoms with Crippen molar-refractivity contribution in [2.75, 3.05) is 13.2 Å². The molecule has 1 aliphatic rings. The van der Waals surface area contributed by atoms with Crippen molar-refractivity contribution in [2.45, 2.75) is 6.29 Å². The highest BCUT2D eigenvalue weighted by Gasteiger charge is 2.28. The minimum absolute atomic E-state index is 0.0477. The van der Waals surface area contributed by atoms with Gasteiger partial charge in [0.25, 0.3) is 5.69 Å². The van der Waals surface area contributed by atoms with Crippen LogP contribution in [0, 0.1) is 10.1 Å². The minimum atomic E-state index is -0.691. The van der Waals surface area contributed by atoms with Gasteiger partial charge in [0.05, 0.1) is 29.8 Å². The van der Waals surface area contributed by atoms with Crippen LogP contribution < -0.4 is 0 Å². The average molecular weight is 285 g/mol. The topological polar surface area (TPSA) is 74.7 Å². The van der Waals surface area contributed by atoms with Crippen molar-refractivity contribution in [1.29, 1.82) is 0 Å². The molecule has 0 amide bonds. The fourth-order valence-electron chi connectivity index (χ4n) is 2.66. The van der Waals surface area contributed by atoms with E-state index in [1.54, 1.807) is 6.07 Å². The SMILES string of the molecule is O=[N+]([O-])c1cc2oc3ccccc3c2cc1C1OCCO1. The molecule has 6 heteroatoms. The van der Waals surface area contributed by atoms with Gasteiger partial charge in [-0.25, -0.2) is 0 Å². The summed E-state index contributed by atoms with van der Waals surface area (Å²) in [6.07, 6.45) is -0.691. The molecule has 0 aliphatic carbocycles. The van der Waals surface area contributed by atoms with Crippen molar-refractivity contribution < 1.29 is 18.8 Å². The fraction of sp³-hybridized carbons (Fsp3) is 0.200. The molecule has 2 heterocycles. The van der Waals surface area contributed by atoms with Gasteiger partial charge in [-0.15, -0.1) is 0 Å². The van der Waals surface area contributed by atoms with Crippen molar-refractivity contribution in [3.63, 3.8) is 0 Å². The number of nitrogens with zero attached hydrogens (tertiary/aromatic N) is 1. The predicted octanol–water partition coefficient (Wildman–Crippen LogP) is 3.54. The van der Waals surface area contributed by atoms with Gasteiger partial charge in [-0.05, 0) is 12.1 Å². The van der Waals surface area contributed by atoms with Gasteiger partial charge in [0.15, 0.2) is 6.29 Å². The van der Waals surface area contributed by atoms with Crippen LogP contribution >= 0.6 is 0 Å². The number of rotatable bonds is 2. The van der Waals surface area contributed by atoms with Crippen LogP contribution in [-0.4, -0.2) is 18.1 Å². The lowest BCUT2D eigenvalue weighted by Gasteiger charge is -2.09. The Morgan fingerprint density at radius 2 is 1.81 bits per heavy atom. The molecule has 4 rings (SSSR count). The van der Waals surface area contributed by atoms with E-state index in [0.29, 0.717) is 29.9 Å². The molecule has 1 aliphatic heterocycles. The van der Waals surface area contributed by atoms with Crippen molar-refractivity contribution in [3.8, 4) is 0 Å². The number of benzene rings is 2. The van der Waals surface area contributed by atoms with E-state index in [1.165, 1.54) is 6.07 Å². The predicted molar refractivity (Wildman–Crippen MR) is 75.0 cm³/mol. The molecular weight excluding hydrogens is 274 g/mol. The van der Waals surface area contributed by atoms with Gasteiger partial charge in [0, 0.05) is 10.8 Å². The second-order valence-corrected chi connectivity index (χ2v) is 4.84. The van der Waals surface area contributed by atoms with Crippen LogP contribution in [0.4, 0.5) is 5.69 Å². The number of para-hydroxylation sites is 1. The second-order valence-electron chi connectivity index (χ2n) is 4.84. The summed E-state index contributed by atoms with van der Waals surface area (Å²) in [6.45, 7) is 0.873. The van der Waals surface area contributed by atoms with E-state index >= 15 is 0 Å². The monoisotopic (exact) mass is 285 g/mol. The standard InChI is InChI=1S/C15H11NO5/c17-16(18)12-8-14-10(7-11(12)15-19-5-6-20-15)9-3-1-2-4-13(9)21-14/h1-4,7-8,15H,5-6H2. The number of fused-ring (bicyclic) bond motifs is 3. The highest BCUT2D eigenvalue weighted by molar-refractivity contribution is 6.05. The second kappa shape index (κ2) is 4.54. The molecule has 1 fully saturated rings. The van der Waals surface area contributed by atoms with E-state index in [1.807, 2.05) is 24.3 Å². The summed E-state index contributed by atoms with van der Waals surface area (Å²) in [5, 5.41) is 13.0. The summed E-state index contributed by atoms with van der Waals surface area (Å²) in [6, 6.07) is 10.7. The Morgan fingerprint density at radius 1 is 1.05 bits per heavy atom. The van der Waals surface area contributed by atoms with Crippen LogP contribution in [0.15, 0.2) is 40.8 Å². The first kappa shape index (κ1) is 12.3. The molecule has 0 N–H and O–H groups in total. The Kier molecular flexibility index (Phi) is 2.66. The summed E-state index contributed by atoms with van der Waals surface area (Å²) >= 11 is 0. The summed E-state index contributed by atoms with van der Waals surface area (Å²) in [4.78, 5) is 10.9. The summed E-state index contributed by atoms with van der Waals surface area (Å²) in [5.74, 6) is 0. The van der Waals surface area contributed by atoms with Gasteiger partial charge in [-0.3, -0.25) is 10.1 Å². The lowest BCUT2D eigenvalue weighted by molar-refractivity contribution is -0.386. The Labute approximate surface area is 119 Å². The largest absolute Gasteiger partial charge is 0.456 e. The van der Waals surface area contributed by atoms with E-state index in [4.69, 9.17) is 13.9 Å². The molecule has 0 bridgehead atoms. The number of nitro groups is 1. The van der Waals surface area contributed by atoms with Crippen molar-refractivity contribution >= 4 is 27.6 Å².